The van der Waals surface area contributed by atoms with Crippen molar-refractivity contribution in [3.8, 4) is 0 Å². The van der Waals surface area contributed by atoms with Crippen LogP contribution in [0.3, 0.4) is 0 Å². The highest BCUT2D eigenvalue weighted by molar-refractivity contribution is 5.35. The highest BCUT2D eigenvalue weighted by atomic mass is 14.8. The quantitative estimate of drug-likeness (QED) is 0.743. The van der Waals surface area contributed by atoms with Crippen LogP contribution in [0.2, 0.25) is 0 Å². The Morgan fingerprint density at radius 2 is 2.15 bits per heavy atom. The van der Waals surface area contributed by atoms with Crippen molar-refractivity contribution in [3.63, 3.8) is 0 Å². The Hall–Kier alpha value is -1.09. The van der Waals surface area contributed by atoms with E-state index in [0.717, 1.165) is 24.1 Å². The second-order valence-corrected chi connectivity index (χ2v) is 3.31. The third kappa shape index (κ3) is 2.42. The van der Waals surface area contributed by atoms with Crippen LogP contribution in [-0.4, -0.2) is 4.98 Å². The molecule has 4 N–H and O–H groups in total. The second-order valence-electron chi connectivity index (χ2n) is 3.31. The van der Waals surface area contributed by atoms with Gasteiger partial charge in [0, 0.05) is 11.7 Å². The third-order valence-electron chi connectivity index (χ3n) is 2.15. The fraction of sp³-hybridized carbons (Fsp3) is 0.500. The number of rotatable bonds is 3. The molecule has 1 heterocycles. The Kier molecular flexibility index (Phi) is 3.25. The fourth-order valence-corrected chi connectivity index (χ4v) is 1.45. The molecule has 1 aromatic rings. The zero-order chi connectivity index (χ0) is 9.84. The molecule has 1 rings (SSSR count). The molecule has 0 aliphatic heterocycles. The minimum atomic E-state index is 0.0955. The monoisotopic (exact) mass is 179 g/mol. The Morgan fingerprint density at radius 1 is 1.46 bits per heavy atom. The number of aryl methyl sites for hydroxylation is 1. The summed E-state index contributed by atoms with van der Waals surface area (Å²) < 4.78 is 0. The first-order chi connectivity index (χ1) is 6.15. The van der Waals surface area contributed by atoms with Gasteiger partial charge in [-0.1, -0.05) is 19.4 Å². The molecule has 0 fully saturated rings. The largest absolute Gasteiger partial charge is 0.384 e. The number of aromatic nitrogens is 1. The van der Waals surface area contributed by atoms with Crippen molar-refractivity contribution in [1.82, 2.24) is 4.98 Å². The lowest BCUT2D eigenvalue weighted by molar-refractivity contribution is 0.632. The summed E-state index contributed by atoms with van der Waals surface area (Å²) in [7, 11) is 0. The van der Waals surface area contributed by atoms with Crippen LogP contribution in [0.4, 0.5) is 5.82 Å². The zero-order valence-electron chi connectivity index (χ0n) is 8.25. The molecule has 0 amide bonds. The average molecular weight is 179 g/mol. The highest BCUT2D eigenvalue weighted by Gasteiger charge is 2.08. The van der Waals surface area contributed by atoms with Crippen molar-refractivity contribution in [2.24, 2.45) is 5.73 Å². The molecule has 3 nitrogen and oxygen atoms in total. The minimum absolute atomic E-state index is 0.0955. The molecule has 0 aliphatic rings. The number of hydrogen-bond acceptors (Lipinski definition) is 3. The Balaban J connectivity index is 2.88. The number of nitrogens with zero attached hydrogens (tertiary/aromatic N) is 1. The predicted octanol–water partition coefficient (Wildman–Crippen LogP) is 1.77. The van der Waals surface area contributed by atoms with Gasteiger partial charge in [-0.2, -0.15) is 0 Å². The zero-order valence-corrected chi connectivity index (χ0v) is 8.25. The topological polar surface area (TPSA) is 64.9 Å². The highest BCUT2D eigenvalue weighted by Crippen LogP contribution is 2.18. The maximum Gasteiger partial charge on any atom is 0.123 e. The molecule has 0 aliphatic carbocycles. The van der Waals surface area contributed by atoms with E-state index in [1.165, 1.54) is 0 Å². The summed E-state index contributed by atoms with van der Waals surface area (Å²) in [5, 5.41) is 0. The van der Waals surface area contributed by atoms with Gasteiger partial charge >= 0.3 is 0 Å². The van der Waals surface area contributed by atoms with Crippen LogP contribution >= 0.6 is 0 Å². The van der Waals surface area contributed by atoms with Gasteiger partial charge in [-0.15, -0.1) is 0 Å². The van der Waals surface area contributed by atoms with Gasteiger partial charge in [0.15, 0.2) is 0 Å². The van der Waals surface area contributed by atoms with Crippen LogP contribution in [0.1, 0.15) is 37.1 Å². The summed E-state index contributed by atoms with van der Waals surface area (Å²) in [6.07, 6.45) is 2.08. The van der Waals surface area contributed by atoms with Crippen molar-refractivity contribution in [2.75, 3.05) is 5.73 Å². The van der Waals surface area contributed by atoms with E-state index in [2.05, 4.69) is 11.9 Å². The molecule has 13 heavy (non-hydrogen) atoms. The molecule has 0 aromatic carbocycles. The fourth-order valence-electron chi connectivity index (χ4n) is 1.45. The number of pyridine rings is 1. The van der Waals surface area contributed by atoms with Gasteiger partial charge in [0.25, 0.3) is 0 Å². The van der Waals surface area contributed by atoms with E-state index in [1.807, 2.05) is 13.0 Å². The number of hydrogen-bond donors (Lipinski definition) is 2. The summed E-state index contributed by atoms with van der Waals surface area (Å²) in [5.41, 5.74) is 13.6. The normalized spacial score (nSPS) is 12.8. The first-order valence-electron chi connectivity index (χ1n) is 4.63. The van der Waals surface area contributed by atoms with Crippen LogP contribution in [-0.2, 0) is 0 Å². The minimum Gasteiger partial charge on any atom is -0.384 e. The molecule has 72 valence electrons. The molecule has 0 saturated heterocycles. The standard InChI is InChI=1S/C10H17N3/c1-3-4-9(11)8-5-6-10(12)13-7(8)2/h5-6,9H,3-4,11H2,1-2H3,(H2,12,13)/t9-/m1/s1. The van der Waals surface area contributed by atoms with E-state index in [-0.39, 0.29) is 6.04 Å². The molecule has 0 radical (unpaired) electrons. The van der Waals surface area contributed by atoms with Crippen LogP contribution in [0, 0.1) is 6.92 Å². The SMILES string of the molecule is CCC[C@@H](N)c1ccc(N)nc1C. The van der Waals surface area contributed by atoms with Crippen molar-refractivity contribution in [1.29, 1.82) is 0 Å². The van der Waals surface area contributed by atoms with Crippen LogP contribution < -0.4 is 11.5 Å². The predicted molar refractivity (Wildman–Crippen MR) is 55.2 cm³/mol. The maximum atomic E-state index is 5.98. The van der Waals surface area contributed by atoms with Crippen molar-refractivity contribution >= 4 is 5.82 Å². The third-order valence-corrected chi connectivity index (χ3v) is 2.15. The molecule has 1 atom stereocenters. The lowest BCUT2D eigenvalue weighted by Crippen LogP contribution is -2.12. The smallest absolute Gasteiger partial charge is 0.123 e. The lowest BCUT2D eigenvalue weighted by Gasteiger charge is -2.12. The molecule has 0 unspecified atom stereocenters. The molecular weight excluding hydrogens is 162 g/mol. The molecule has 0 spiro atoms. The molecule has 0 saturated carbocycles. The average Bonchev–Trinajstić information content (AvgIpc) is 2.04. The van der Waals surface area contributed by atoms with E-state index in [0.29, 0.717) is 5.82 Å². The summed E-state index contributed by atoms with van der Waals surface area (Å²) in [6.45, 7) is 4.07. The van der Waals surface area contributed by atoms with Crippen LogP contribution in [0.15, 0.2) is 12.1 Å². The second kappa shape index (κ2) is 4.23. The molecule has 0 bridgehead atoms. The molecular formula is C10H17N3. The summed E-state index contributed by atoms with van der Waals surface area (Å²) in [5.74, 6) is 0.560. The van der Waals surface area contributed by atoms with Gasteiger partial charge < -0.3 is 11.5 Å². The number of anilines is 1. The van der Waals surface area contributed by atoms with E-state index < -0.39 is 0 Å². The van der Waals surface area contributed by atoms with Gasteiger partial charge in [0.1, 0.15) is 5.82 Å². The van der Waals surface area contributed by atoms with E-state index in [1.54, 1.807) is 6.07 Å². The van der Waals surface area contributed by atoms with Gasteiger partial charge in [-0.3, -0.25) is 0 Å². The van der Waals surface area contributed by atoms with Gasteiger partial charge in [0.05, 0.1) is 0 Å². The van der Waals surface area contributed by atoms with Gasteiger partial charge in [-0.25, -0.2) is 4.98 Å². The molecule has 3 heteroatoms. The Bertz CT molecular complexity index is 283. The van der Waals surface area contributed by atoms with E-state index in [9.17, 15) is 0 Å². The van der Waals surface area contributed by atoms with Gasteiger partial charge in [0.2, 0.25) is 0 Å². The maximum absolute atomic E-state index is 5.98. The number of nitrogen functional groups attached to an aromatic ring is 1. The van der Waals surface area contributed by atoms with Crippen LogP contribution in [0.5, 0.6) is 0 Å². The van der Waals surface area contributed by atoms with Gasteiger partial charge in [-0.05, 0) is 25.0 Å². The molecule has 1 aromatic heterocycles. The number of nitrogens with two attached hydrogens (primary N) is 2. The van der Waals surface area contributed by atoms with E-state index in [4.69, 9.17) is 11.5 Å². The first kappa shape index (κ1) is 9.99. The van der Waals surface area contributed by atoms with Crippen molar-refractivity contribution in [2.45, 2.75) is 32.7 Å². The first-order valence-corrected chi connectivity index (χ1v) is 4.63. The summed E-state index contributed by atoms with van der Waals surface area (Å²) in [6, 6.07) is 3.87. The Morgan fingerprint density at radius 3 is 2.69 bits per heavy atom. The summed E-state index contributed by atoms with van der Waals surface area (Å²) >= 11 is 0. The summed E-state index contributed by atoms with van der Waals surface area (Å²) in [4.78, 5) is 4.17. The lowest BCUT2D eigenvalue weighted by atomic mass is 10.0. The van der Waals surface area contributed by atoms with Crippen LogP contribution in [0.25, 0.3) is 0 Å². The van der Waals surface area contributed by atoms with Crippen molar-refractivity contribution < 1.29 is 0 Å². The Labute approximate surface area is 79.2 Å². The van der Waals surface area contributed by atoms with E-state index >= 15 is 0 Å². The van der Waals surface area contributed by atoms with Crippen molar-refractivity contribution in [3.05, 3.63) is 23.4 Å².